The van der Waals surface area contributed by atoms with E-state index >= 15 is 0 Å². The molecule has 0 spiro atoms. The summed E-state index contributed by atoms with van der Waals surface area (Å²) in [5.41, 5.74) is 0.610. The molecular weight excluding hydrogens is 150 g/mol. The average molecular weight is 165 g/mol. The van der Waals surface area contributed by atoms with Crippen molar-refractivity contribution in [3.05, 3.63) is 24.4 Å². The van der Waals surface area contributed by atoms with Gasteiger partial charge >= 0.3 is 0 Å². The standard InChI is InChI=1S/C10H15NO/c1-5-6-11-9(12)8(2)7-10(11,3)4/h5-6H,2,7H2,1,3-4H3. The van der Waals surface area contributed by atoms with Crippen LogP contribution in [0.4, 0.5) is 0 Å². The number of amides is 1. The Kier molecular flexibility index (Phi) is 2.09. The normalized spacial score (nSPS) is 22.8. The maximum atomic E-state index is 11.5. The number of carbonyl (C=O) groups is 1. The molecule has 1 fully saturated rings. The zero-order chi connectivity index (χ0) is 9.35. The third-order valence-corrected chi connectivity index (χ3v) is 2.12. The second-order valence-corrected chi connectivity index (χ2v) is 3.75. The molecule has 0 bridgehead atoms. The molecule has 1 saturated heterocycles. The molecule has 0 aromatic rings. The van der Waals surface area contributed by atoms with Crippen molar-refractivity contribution in [3.63, 3.8) is 0 Å². The fourth-order valence-electron chi connectivity index (χ4n) is 1.55. The summed E-state index contributed by atoms with van der Waals surface area (Å²) >= 11 is 0. The van der Waals surface area contributed by atoms with Gasteiger partial charge in [-0.1, -0.05) is 12.7 Å². The molecule has 0 aromatic heterocycles. The summed E-state index contributed by atoms with van der Waals surface area (Å²) in [5, 5.41) is 0. The van der Waals surface area contributed by atoms with Crippen molar-refractivity contribution < 1.29 is 4.79 Å². The van der Waals surface area contributed by atoms with Crippen LogP contribution in [0.1, 0.15) is 27.2 Å². The van der Waals surface area contributed by atoms with E-state index in [-0.39, 0.29) is 11.4 Å². The predicted molar refractivity (Wildman–Crippen MR) is 49.5 cm³/mol. The monoisotopic (exact) mass is 165 g/mol. The van der Waals surface area contributed by atoms with Crippen molar-refractivity contribution in [3.8, 4) is 0 Å². The van der Waals surface area contributed by atoms with E-state index < -0.39 is 0 Å². The van der Waals surface area contributed by atoms with Gasteiger partial charge in [-0.2, -0.15) is 0 Å². The van der Waals surface area contributed by atoms with E-state index in [0.29, 0.717) is 5.57 Å². The number of hydrogen-bond acceptors (Lipinski definition) is 1. The van der Waals surface area contributed by atoms with Crippen LogP contribution in [0.3, 0.4) is 0 Å². The molecule has 1 amide bonds. The SMILES string of the molecule is C=C1CC(C)(C)N(C=CC)C1=O. The first-order valence-corrected chi connectivity index (χ1v) is 4.13. The van der Waals surface area contributed by atoms with Crippen molar-refractivity contribution >= 4 is 5.91 Å². The first-order valence-electron chi connectivity index (χ1n) is 4.13. The highest BCUT2D eigenvalue weighted by molar-refractivity contribution is 5.96. The Balaban J connectivity index is 2.96. The second-order valence-electron chi connectivity index (χ2n) is 3.75. The van der Waals surface area contributed by atoms with Gasteiger partial charge in [0.1, 0.15) is 0 Å². The Hall–Kier alpha value is -1.05. The van der Waals surface area contributed by atoms with Gasteiger partial charge in [0.2, 0.25) is 0 Å². The number of carbonyl (C=O) groups excluding carboxylic acids is 1. The molecule has 0 unspecified atom stereocenters. The van der Waals surface area contributed by atoms with Crippen molar-refractivity contribution in [1.29, 1.82) is 0 Å². The molecule has 0 radical (unpaired) electrons. The molecule has 1 aliphatic heterocycles. The Morgan fingerprint density at radius 3 is 2.50 bits per heavy atom. The van der Waals surface area contributed by atoms with E-state index in [2.05, 4.69) is 6.58 Å². The van der Waals surface area contributed by atoms with Gasteiger partial charge in [0.05, 0.1) is 0 Å². The maximum absolute atomic E-state index is 11.5. The highest BCUT2D eigenvalue weighted by atomic mass is 16.2. The summed E-state index contributed by atoms with van der Waals surface area (Å²) in [6.07, 6.45) is 4.45. The molecule has 12 heavy (non-hydrogen) atoms. The number of nitrogens with zero attached hydrogens (tertiary/aromatic N) is 1. The van der Waals surface area contributed by atoms with Crippen LogP contribution >= 0.6 is 0 Å². The smallest absolute Gasteiger partial charge is 0.253 e. The lowest BCUT2D eigenvalue weighted by Gasteiger charge is -2.27. The van der Waals surface area contributed by atoms with Gasteiger partial charge in [-0.25, -0.2) is 0 Å². The zero-order valence-corrected chi connectivity index (χ0v) is 7.92. The fraction of sp³-hybridized carbons (Fsp3) is 0.500. The molecule has 0 aromatic carbocycles. The topological polar surface area (TPSA) is 20.3 Å². The van der Waals surface area contributed by atoms with Crippen LogP contribution in [0.15, 0.2) is 24.4 Å². The van der Waals surface area contributed by atoms with Gasteiger partial charge in [-0.3, -0.25) is 4.79 Å². The van der Waals surface area contributed by atoms with Crippen LogP contribution in [0.2, 0.25) is 0 Å². The van der Waals surface area contributed by atoms with Crippen molar-refractivity contribution in [2.75, 3.05) is 0 Å². The summed E-state index contributed by atoms with van der Waals surface area (Å²) in [5.74, 6) is 0.0538. The minimum Gasteiger partial charge on any atom is -0.310 e. The van der Waals surface area contributed by atoms with Gasteiger partial charge in [0.15, 0.2) is 0 Å². The zero-order valence-electron chi connectivity index (χ0n) is 7.92. The van der Waals surface area contributed by atoms with E-state index in [9.17, 15) is 4.79 Å². The summed E-state index contributed by atoms with van der Waals surface area (Å²) in [6, 6.07) is 0. The lowest BCUT2D eigenvalue weighted by molar-refractivity contribution is -0.125. The lowest BCUT2D eigenvalue weighted by atomic mass is 10.0. The molecule has 0 aliphatic carbocycles. The van der Waals surface area contributed by atoms with Crippen LogP contribution in [0.5, 0.6) is 0 Å². The Morgan fingerprint density at radius 1 is 1.58 bits per heavy atom. The lowest BCUT2D eigenvalue weighted by Crippen LogP contribution is -2.36. The first-order chi connectivity index (χ1) is 5.49. The van der Waals surface area contributed by atoms with Crippen molar-refractivity contribution in [2.45, 2.75) is 32.7 Å². The molecule has 1 rings (SSSR count). The molecule has 2 nitrogen and oxygen atoms in total. The van der Waals surface area contributed by atoms with Gasteiger partial charge < -0.3 is 4.90 Å². The van der Waals surface area contributed by atoms with E-state index in [1.54, 1.807) is 4.90 Å². The van der Waals surface area contributed by atoms with E-state index in [0.717, 1.165) is 6.42 Å². The van der Waals surface area contributed by atoms with Gasteiger partial charge in [-0.15, -0.1) is 0 Å². The molecule has 1 aliphatic rings. The fourth-order valence-corrected chi connectivity index (χ4v) is 1.55. The molecule has 0 N–H and O–H groups in total. The van der Waals surface area contributed by atoms with Crippen LogP contribution in [-0.4, -0.2) is 16.3 Å². The average Bonchev–Trinajstić information content (AvgIpc) is 2.13. The van der Waals surface area contributed by atoms with E-state index in [1.807, 2.05) is 33.0 Å². The van der Waals surface area contributed by atoms with Crippen LogP contribution in [-0.2, 0) is 4.79 Å². The van der Waals surface area contributed by atoms with Crippen molar-refractivity contribution in [1.82, 2.24) is 4.90 Å². The Labute approximate surface area is 73.6 Å². The van der Waals surface area contributed by atoms with Gasteiger partial charge in [0.25, 0.3) is 5.91 Å². The maximum Gasteiger partial charge on any atom is 0.253 e. The molecule has 0 atom stereocenters. The Morgan fingerprint density at radius 2 is 2.17 bits per heavy atom. The minimum absolute atomic E-state index is 0.0538. The highest BCUT2D eigenvalue weighted by Crippen LogP contribution is 2.32. The van der Waals surface area contributed by atoms with E-state index in [4.69, 9.17) is 0 Å². The van der Waals surface area contributed by atoms with Gasteiger partial charge in [-0.05, 0) is 20.8 Å². The highest BCUT2D eigenvalue weighted by Gasteiger charge is 2.38. The molecule has 66 valence electrons. The third kappa shape index (κ3) is 1.29. The van der Waals surface area contributed by atoms with Crippen LogP contribution in [0, 0.1) is 0 Å². The first kappa shape index (κ1) is 9.04. The molecular formula is C10H15NO. The number of hydrogen-bond donors (Lipinski definition) is 0. The summed E-state index contributed by atoms with van der Waals surface area (Å²) in [6.45, 7) is 9.73. The predicted octanol–water partition coefficient (Wildman–Crippen LogP) is 2.09. The second kappa shape index (κ2) is 2.77. The number of rotatable bonds is 1. The Bertz CT molecular complexity index is 251. The molecule has 2 heteroatoms. The largest absolute Gasteiger partial charge is 0.310 e. The third-order valence-electron chi connectivity index (χ3n) is 2.12. The van der Waals surface area contributed by atoms with E-state index in [1.165, 1.54) is 0 Å². The van der Waals surface area contributed by atoms with Crippen LogP contribution < -0.4 is 0 Å². The quantitative estimate of drug-likeness (QED) is 0.545. The number of allylic oxidation sites excluding steroid dienone is 1. The van der Waals surface area contributed by atoms with Gasteiger partial charge in [0, 0.05) is 23.7 Å². The summed E-state index contributed by atoms with van der Waals surface area (Å²) < 4.78 is 0. The summed E-state index contributed by atoms with van der Waals surface area (Å²) in [4.78, 5) is 13.2. The number of likely N-dealkylation sites (tertiary alicyclic amines) is 1. The molecule has 0 saturated carbocycles. The molecule has 1 heterocycles. The minimum atomic E-state index is -0.0966. The summed E-state index contributed by atoms with van der Waals surface area (Å²) in [7, 11) is 0. The van der Waals surface area contributed by atoms with Crippen molar-refractivity contribution in [2.24, 2.45) is 0 Å². The van der Waals surface area contributed by atoms with Crippen LogP contribution in [0.25, 0.3) is 0 Å².